The molecule has 1 heterocycles. The van der Waals surface area contributed by atoms with Gasteiger partial charge in [-0.25, -0.2) is 9.36 Å². The molecule has 8 nitrogen and oxygen atoms in total. The Hall–Kier alpha value is -2.55. The lowest BCUT2D eigenvalue weighted by Gasteiger charge is -2.16. The minimum Gasteiger partial charge on any atom is -0.505 e. The molecular weight excluding hydrogens is 380 g/mol. The second-order valence-corrected chi connectivity index (χ2v) is 6.17. The van der Waals surface area contributed by atoms with E-state index in [2.05, 4.69) is 21.2 Å². The van der Waals surface area contributed by atoms with Gasteiger partial charge in [-0.15, -0.1) is 0 Å². The van der Waals surface area contributed by atoms with E-state index >= 15 is 0 Å². The molecule has 0 atom stereocenters. The van der Waals surface area contributed by atoms with E-state index in [1.54, 1.807) is 20.2 Å². The average Bonchev–Trinajstić information content (AvgIpc) is 2.55. The lowest BCUT2D eigenvalue weighted by Crippen LogP contribution is -2.36. The van der Waals surface area contributed by atoms with Gasteiger partial charge in [-0.3, -0.25) is 14.4 Å². The first kappa shape index (κ1) is 17.8. The minimum atomic E-state index is -0.465. The molecule has 1 aromatic carbocycles. The van der Waals surface area contributed by atoms with Gasteiger partial charge in [0.25, 0.3) is 17.0 Å². The van der Waals surface area contributed by atoms with Crippen molar-refractivity contribution in [1.29, 1.82) is 0 Å². The molecule has 0 aliphatic heterocycles. The molecule has 0 aliphatic carbocycles. The maximum absolute atomic E-state index is 12.4. The molecule has 1 amide bonds. The Morgan fingerprint density at radius 2 is 1.75 bits per heavy atom. The lowest BCUT2D eigenvalue weighted by atomic mass is 10.1. The summed E-state index contributed by atoms with van der Waals surface area (Å²) in [7, 11) is 6.05. The van der Waals surface area contributed by atoms with Crippen LogP contribution in [0, 0.1) is 0 Å². The number of amides is 1. The molecule has 2 N–H and O–H groups in total. The molecule has 1 aromatic heterocycles. The number of carbonyl (C=O) groups is 1. The van der Waals surface area contributed by atoms with Gasteiger partial charge in [-0.1, -0.05) is 6.07 Å². The smallest absolute Gasteiger partial charge is 0.289 e. The molecule has 0 fully saturated rings. The van der Waals surface area contributed by atoms with Crippen molar-refractivity contribution in [1.82, 2.24) is 14.3 Å². The van der Waals surface area contributed by atoms with E-state index in [-0.39, 0.29) is 33.1 Å². The van der Waals surface area contributed by atoms with Crippen molar-refractivity contribution in [3.05, 3.63) is 48.9 Å². The van der Waals surface area contributed by atoms with Crippen molar-refractivity contribution in [3.63, 3.8) is 0 Å². The number of phenolic OH excluding ortho intramolecular Hbond substituents is 1. The third-order valence-electron chi connectivity index (χ3n) is 3.59. The zero-order chi connectivity index (χ0) is 18.2. The van der Waals surface area contributed by atoms with Gasteiger partial charge in [0.15, 0.2) is 5.75 Å². The predicted molar refractivity (Wildman–Crippen MR) is 94.0 cm³/mol. The number of benzene rings is 1. The summed E-state index contributed by atoms with van der Waals surface area (Å²) in [6.07, 6.45) is 0. The monoisotopic (exact) mass is 396 g/mol. The summed E-state index contributed by atoms with van der Waals surface area (Å²) >= 11 is 3.10. The number of para-hydroxylation sites is 1. The zero-order valence-electron chi connectivity index (χ0n) is 13.6. The van der Waals surface area contributed by atoms with E-state index in [4.69, 9.17) is 0 Å². The molecule has 2 rings (SSSR count). The average molecular weight is 397 g/mol. The minimum absolute atomic E-state index is 0.0228. The Morgan fingerprint density at radius 1 is 1.17 bits per heavy atom. The number of rotatable bonds is 3. The molecule has 24 heavy (non-hydrogen) atoms. The number of anilines is 2. The maximum atomic E-state index is 12.4. The van der Waals surface area contributed by atoms with Crippen LogP contribution in [0.2, 0.25) is 0 Å². The SMILES string of the molecule is CN(C)C(=O)c1cccc(Nc2c(Br)c(=O)n(C)n(C)c2=O)c1O. The van der Waals surface area contributed by atoms with Crippen LogP contribution in [0.25, 0.3) is 0 Å². The maximum Gasteiger partial charge on any atom is 0.289 e. The normalized spacial score (nSPS) is 10.5. The highest BCUT2D eigenvalue weighted by atomic mass is 79.9. The van der Waals surface area contributed by atoms with Crippen molar-refractivity contribution in [2.75, 3.05) is 19.4 Å². The number of aromatic nitrogens is 2. The highest BCUT2D eigenvalue weighted by Crippen LogP contribution is 2.31. The van der Waals surface area contributed by atoms with Gasteiger partial charge in [-0.2, -0.15) is 0 Å². The molecule has 128 valence electrons. The summed E-state index contributed by atoms with van der Waals surface area (Å²) < 4.78 is 2.34. The Balaban J connectivity index is 2.59. The van der Waals surface area contributed by atoms with Gasteiger partial charge in [-0.05, 0) is 28.1 Å². The predicted octanol–water partition coefficient (Wildman–Crippen LogP) is 0.997. The molecule has 0 saturated heterocycles. The summed E-state index contributed by atoms with van der Waals surface area (Å²) in [5.41, 5.74) is -0.673. The first-order valence-electron chi connectivity index (χ1n) is 6.93. The quantitative estimate of drug-likeness (QED) is 0.754. The molecule has 0 aliphatic rings. The lowest BCUT2D eigenvalue weighted by molar-refractivity contribution is 0.0825. The van der Waals surface area contributed by atoms with E-state index < -0.39 is 11.1 Å². The Morgan fingerprint density at radius 3 is 2.33 bits per heavy atom. The number of nitrogens with zero attached hydrogens (tertiary/aromatic N) is 3. The third kappa shape index (κ3) is 2.94. The van der Waals surface area contributed by atoms with Gasteiger partial charge >= 0.3 is 0 Å². The summed E-state index contributed by atoms with van der Waals surface area (Å²) in [5, 5.41) is 13.1. The fourth-order valence-electron chi connectivity index (χ4n) is 2.08. The summed E-state index contributed by atoms with van der Waals surface area (Å²) in [6, 6.07) is 4.55. The van der Waals surface area contributed by atoms with Crippen LogP contribution in [0.5, 0.6) is 5.75 Å². The van der Waals surface area contributed by atoms with Crippen molar-refractivity contribution in [2.45, 2.75) is 0 Å². The number of phenols is 1. The van der Waals surface area contributed by atoms with Crippen molar-refractivity contribution >= 4 is 33.2 Å². The van der Waals surface area contributed by atoms with Gasteiger partial charge < -0.3 is 15.3 Å². The summed E-state index contributed by atoms with van der Waals surface area (Å²) in [6.45, 7) is 0. The van der Waals surface area contributed by atoms with E-state index in [9.17, 15) is 19.5 Å². The van der Waals surface area contributed by atoms with Crippen LogP contribution < -0.4 is 16.4 Å². The standard InChI is InChI=1S/C15H17BrN4O4/c1-18(2)13(22)8-6-5-7-9(12(8)21)17-11-10(16)14(23)19(3)20(4)15(11)24/h5-7,17,21H,1-4H3. The van der Waals surface area contributed by atoms with Crippen LogP contribution in [0.15, 0.2) is 32.3 Å². The van der Waals surface area contributed by atoms with Gasteiger partial charge in [0.05, 0.1) is 11.3 Å². The van der Waals surface area contributed by atoms with Crippen LogP contribution in [0.1, 0.15) is 10.4 Å². The molecule has 0 bridgehead atoms. The largest absolute Gasteiger partial charge is 0.505 e. The first-order valence-corrected chi connectivity index (χ1v) is 7.72. The Labute approximate surface area is 146 Å². The molecular formula is C15H17BrN4O4. The van der Waals surface area contributed by atoms with Crippen LogP contribution in [0.3, 0.4) is 0 Å². The Kier molecular flexibility index (Phi) is 4.83. The summed E-state index contributed by atoms with van der Waals surface area (Å²) in [5.74, 6) is -0.682. The number of hydrogen-bond acceptors (Lipinski definition) is 5. The second kappa shape index (κ2) is 6.52. The van der Waals surface area contributed by atoms with Crippen molar-refractivity contribution in [2.24, 2.45) is 14.1 Å². The number of hydrogen-bond donors (Lipinski definition) is 2. The fraction of sp³-hybridized carbons (Fsp3) is 0.267. The molecule has 0 saturated carbocycles. The van der Waals surface area contributed by atoms with Crippen molar-refractivity contribution < 1.29 is 9.90 Å². The number of aromatic hydroxyl groups is 1. The molecule has 9 heteroatoms. The zero-order valence-corrected chi connectivity index (χ0v) is 15.2. The second-order valence-electron chi connectivity index (χ2n) is 5.37. The van der Waals surface area contributed by atoms with E-state index in [1.165, 1.54) is 31.1 Å². The highest BCUT2D eigenvalue weighted by molar-refractivity contribution is 9.10. The summed E-state index contributed by atoms with van der Waals surface area (Å²) in [4.78, 5) is 37.8. The molecule has 0 spiro atoms. The van der Waals surface area contributed by atoms with Crippen LogP contribution in [0.4, 0.5) is 11.4 Å². The Bertz CT molecular complexity index is 930. The third-order valence-corrected chi connectivity index (χ3v) is 4.33. The van der Waals surface area contributed by atoms with Gasteiger partial charge in [0.2, 0.25) is 0 Å². The van der Waals surface area contributed by atoms with Crippen LogP contribution in [-0.4, -0.2) is 39.4 Å². The van der Waals surface area contributed by atoms with Crippen LogP contribution in [-0.2, 0) is 14.1 Å². The number of halogens is 1. The van der Waals surface area contributed by atoms with E-state index in [1.807, 2.05) is 0 Å². The van der Waals surface area contributed by atoms with E-state index in [0.717, 1.165) is 9.36 Å². The fourth-order valence-corrected chi connectivity index (χ4v) is 2.60. The number of nitrogens with one attached hydrogen (secondary N) is 1. The van der Waals surface area contributed by atoms with Crippen LogP contribution >= 0.6 is 15.9 Å². The van der Waals surface area contributed by atoms with Crippen molar-refractivity contribution in [3.8, 4) is 5.75 Å². The van der Waals surface area contributed by atoms with Gasteiger partial charge in [0, 0.05) is 28.2 Å². The molecule has 2 aromatic rings. The highest BCUT2D eigenvalue weighted by Gasteiger charge is 2.19. The van der Waals surface area contributed by atoms with Gasteiger partial charge in [0.1, 0.15) is 10.2 Å². The number of carbonyl (C=O) groups excluding carboxylic acids is 1. The van der Waals surface area contributed by atoms with E-state index in [0.29, 0.717) is 0 Å². The topological polar surface area (TPSA) is 96.6 Å². The molecule has 0 unspecified atom stereocenters. The first-order chi connectivity index (χ1) is 11.2. The molecule has 0 radical (unpaired) electrons.